The first-order valence-corrected chi connectivity index (χ1v) is 6.82. The lowest BCUT2D eigenvalue weighted by Crippen LogP contribution is -2.50. The lowest BCUT2D eigenvalue weighted by molar-refractivity contribution is -0.144. The van der Waals surface area contributed by atoms with Crippen LogP contribution in [-0.2, 0) is 14.4 Å². The van der Waals surface area contributed by atoms with Gasteiger partial charge in [-0.2, -0.15) is 0 Å². The standard InChI is InChI=1S/C13H18N2O3/c16-11-6-5-8(7-14-11)15-12(17)9-3-1-2-4-10(9)13(15)18/h8-10H,1-7H2,(H,14,16). The summed E-state index contributed by atoms with van der Waals surface area (Å²) in [6.07, 6.45) is 4.83. The van der Waals surface area contributed by atoms with Crippen LogP contribution >= 0.6 is 0 Å². The zero-order valence-corrected chi connectivity index (χ0v) is 10.4. The van der Waals surface area contributed by atoms with Crippen molar-refractivity contribution in [3.63, 3.8) is 0 Å². The van der Waals surface area contributed by atoms with Gasteiger partial charge < -0.3 is 5.32 Å². The number of amides is 3. The molecule has 2 heterocycles. The van der Waals surface area contributed by atoms with E-state index in [2.05, 4.69) is 5.32 Å². The first kappa shape index (κ1) is 11.7. The Morgan fingerprint density at radius 3 is 2.06 bits per heavy atom. The molecule has 0 aromatic heterocycles. The summed E-state index contributed by atoms with van der Waals surface area (Å²) in [4.78, 5) is 37.2. The molecule has 1 N–H and O–H groups in total. The van der Waals surface area contributed by atoms with Crippen LogP contribution in [0.25, 0.3) is 0 Å². The second-order valence-electron chi connectivity index (χ2n) is 5.54. The van der Waals surface area contributed by atoms with Crippen molar-refractivity contribution in [1.29, 1.82) is 0 Å². The first-order valence-electron chi connectivity index (χ1n) is 6.82. The summed E-state index contributed by atoms with van der Waals surface area (Å²) in [6.45, 7) is 0.426. The number of nitrogens with zero attached hydrogens (tertiary/aromatic N) is 1. The normalized spacial score (nSPS) is 36.6. The summed E-state index contributed by atoms with van der Waals surface area (Å²) in [5, 5.41) is 2.75. The highest BCUT2D eigenvalue weighted by Gasteiger charge is 2.50. The summed E-state index contributed by atoms with van der Waals surface area (Å²) in [7, 11) is 0. The van der Waals surface area contributed by atoms with Gasteiger partial charge in [-0.1, -0.05) is 12.8 Å². The summed E-state index contributed by atoms with van der Waals surface area (Å²) in [5.41, 5.74) is 0. The molecule has 0 aromatic rings. The van der Waals surface area contributed by atoms with Crippen LogP contribution in [0.5, 0.6) is 0 Å². The number of fused-ring (bicyclic) bond motifs is 1. The molecule has 3 unspecified atom stereocenters. The molecule has 3 aliphatic rings. The largest absolute Gasteiger partial charge is 0.354 e. The van der Waals surface area contributed by atoms with Crippen molar-refractivity contribution in [1.82, 2.24) is 10.2 Å². The number of carbonyl (C=O) groups is 3. The van der Waals surface area contributed by atoms with Gasteiger partial charge in [-0.25, -0.2) is 0 Å². The molecule has 1 aliphatic carbocycles. The SMILES string of the molecule is O=C1CCC(N2C(=O)C3CCCCC3C2=O)CN1. The van der Waals surface area contributed by atoms with E-state index in [1.54, 1.807) is 0 Å². The zero-order chi connectivity index (χ0) is 12.7. The molecule has 0 aromatic carbocycles. The van der Waals surface area contributed by atoms with E-state index in [0.29, 0.717) is 19.4 Å². The fourth-order valence-corrected chi connectivity index (χ4v) is 3.49. The number of hydrogen-bond donors (Lipinski definition) is 1. The summed E-state index contributed by atoms with van der Waals surface area (Å²) >= 11 is 0. The predicted octanol–water partition coefficient (Wildman–Crippen LogP) is 0.440. The predicted molar refractivity (Wildman–Crippen MR) is 63.3 cm³/mol. The Hall–Kier alpha value is -1.39. The minimum atomic E-state index is -0.117. The van der Waals surface area contributed by atoms with Crippen LogP contribution in [0.15, 0.2) is 0 Å². The molecule has 1 saturated carbocycles. The molecule has 0 bridgehead atoms. The van der Waals surface area contributed by atoms with Gasteiger partial charge in [0.1, 0.15) is 0 Å². The van der Waals surface area contributed by atoms with Crippen LogP contribution in [-0.4, -0.2) is 35.2 Å². The molecular weight excluding hydrogens is 232 g/mol. The number of hydrogen-bond acceptors (Lipinski definition) is 3. The molecule has 0 radical (unpaired) electrons. The van der Waals surface area contributed by atoms with Crippen LogP contribution in [0.1, 0.15) is 38.5 Å². The average molecular weight is 250 g/mol. The lowest BCUT2D eigenvalue weighted by Gasteiger charge is -2.30. The monoisotopic (exact) mass is 250 g/mol. The van der Waals surface area contributed by atoms with Gasteiger partial charge in [0.25, 0.3) is 0 Å². The van der Waals surface area contributed by atoms with Crippen molar-refractivity contribution >= 4 is 17.7 Å². The van der Waals surface area contributed by atoms with Gasteiger partial charge >= 0.3 is 0 Å². The summed E-state index contributed by atoms with van der Waals surface area (Å²) in [6, 6.07) is -0.117. The fourth-order valence-electron chi connectivity index (χ4n) is 3.49. The van der Waals surface area contributed by atoms with Gasteiger partial charge in [0, 0.05) is 13.0 Å². The quantitative estimate of drug-likeness (QED) is 0.687. The van der Waals surface area contributed by atoms with E-state index in [9.17, 15) is 14.4 Å². The highest BCUT2D eigenvalue weighted by Crippen LogP contribution is 2.39. The van der Waals surface area contributed by atoms with Gasteiger partial charge in [-0.3, -0.25) is 19.3 Å². The Morgan fingerprint density at radius 1 is 0.944 bits per heavy atom. The number of piperidine rings is 1. The topological polar surface area (TPSA) is 66.5 Å². The van der Waals surface area contributed by atoms with E-state index >= 15 is 0 Å². The van der Waals surface area contributed by atoms with Crippen molar-refractivity contribution in [3.05, 3.63) is 0 Å². The molecule has 2 aliphatic heterocycles. The fraction of sp³-hybridized carbons (Fsp3) is 0.769. The van der Waals surface area contributed by atoms with Crippen molar-refractivity contribution in [2.45, 2.75) is 44.6 Å². The number of carbonyl (C=O) groups excluding carboxylic acids is 3. The highest BCUT2D eigenvalue weighted by atomic mass is 16.2. The van der Waals surface area contributed by atoms with Gasteiger partial charge in [-0.15, -0.1) is 0 Å². The van der Waals surface area contributed by atoms with Crippen LogP contribution in [0, 0.1) is 11.8 Å². The molecular formula is C13H18N2O3. The van der Waals surface area contributed by atoms with Crippen LogP contribution in [0.3, 0.4) is 0 Å². The van der Waals surface area contributed by atoms with E-state index < -0.39 is 0 Å². The molecule has 2 saturated heterocycles. The molecule has 98 valence electrons. The Balaban J connectivity index is 1.78. The molecule has 0 spiro atoms. The average Bonchev–Trinajstić information content (AvgIpc) is 2.64. The lowest BCUT2D eigenvalue weighted by atomic mass is 9.81. The summed E-state index contributed by atoms with van der Waals surface area (Å²) in [5.74, 6) is -0.132. The van der Waals surface area contributed by atoms with Gasteiger partial charge in [0.05, 0.1) is 17.9 Å². The molecule has 3 atom stereocenters. The van der Waals surface area contributed by atoms with Gasteiger partial charge in [0.15, 0.2) is 0 Å². The second-order valence-corrected chi connectivity index (χ2v) is 5.54. The van der Waals surface area contributed by atoms with E-state index in [1.807, 2.05) is 0 Å². The van der Waals surface area contributed by atoms with Gasteiger partial charge in [0.2, 0.25) is 17.7 Å². The number of likely N-dealkylation sites (tertiary alicyclic amines) is 1. The van der Waals surface area contributed by atoms with Crippen molar-refractivity contribution in [3.8, 4) is 0 Å². The Labute approximate surface area is 106 Å². The molecule has 18 heavy (non-hydrogen) atoms. The van der Waals surface area contributed by atoms with Crippen molar-refractivity contribution < 1.29 is 14.4 Å². The minimum absolute atomic E-state index is 0.00542. The third-order valence-electron chi connectivity index (χ3n) is 4.48. The molecule has 5 heteroatoms. The molecule has 5 nitrogen and oxygen atoms in total. The first-order chi connectivity index (χ1) is 8.68. The summed E-state index contributed by atoms with van der Waals surface area (Å²) < 4.78 is 0. The molecule has 3 fully saturated rings. The van der Waals surface area contributed by atoms with Crippen LogP contribution in [0.2, 0.25) is 0 Å². The number of nitrogens with one attached hydrogen (secondary N) is 1. The third kappa shape index (κ3) is 1.72. The van der Waals surface area contributed by atoms with Crippen LogP contribution < -0.4 is 5.32 Å². The van der Waals surface area contributed by atoms with E-state index in [0.717, 1.165) is 25.7 Å². The maximum Gasteiger partial charge on any atom is 0.233 e. The molecule has 3 amide bonds. The minimum Gasteiger partial charge on any atom is -0.354 e. The Kier molecular flexibility index (Phi) is 2.84. The van der Waals surface area contributed by atoms with Crippen LogP contribution in [0.4, 0.5) is 0 Å². The smallest absolute Gasteiger partial charge is 0.233 e. The molecule has 3 rings (SSSR count). The van der Waals surface area contributed by atoms with Crippen molar-refractivity contribution in [2.24, 2.45) is 11.8 Å². The second kappa shape index (κ2) is 4.37. The Bertz CT molecular complexity index is 373. The third-order valence-corrected chi connectivity index (χ3v) is 4.48. The van der Waals surface area contributed by atoms with E-state index in [4.69, 9.17) is 0 Å². The highest BCUT2D eigenvalue weighted by molar-refractivity contribution is 6.05. The van der Waals surface area contributed by atoms with E-state index in [-0.39, 0.29) is 35.6 Å². The zero-order valence-electron chi connectivity index (χ0n) is 10.4. The maximum absolute atomic E-state index is 12.3. The number of imide groups is 1. The number of rotatable bonds is 1. The van der Waals surface area contributed by atoms with Crippen molar-refractivity contribution in [2.75, 3.05) is 6.54 Å². The maximum atomic E-state index is 12.3. The van der Waals surface area contributed by atoms with E-state index in [1.165, 1.54) is 4.90 Å². The Morgan fingerprint density at radius 2 is 1.56 bits per heavy atom. The van der Waals surface area contributed by atoms with Gasteiger partial charge in [-0.05, 0) is 19.3 Å².